The summed E-state index contributed by atoms with van der Waals surface area (Å²) in [5.41, 5.74) is 0.877. The van der Waals surface area contributed by atoms with Gasteiger partial charge in [-0.1, -0.05) is 29.8 Å². The van der Waals surface area contributed by atoms with Gasteiger partial charge in [-0.3, -0.25) is 9.59 Å². The third-order valence-corrected chi connectivity index (χ3v) is 3.23. The Morgan fingerprint density at radius 2 is 1.86 bits per heavy atom. The Morgan fingerprint density at radius 1 is 1.24 bits per heavy atom. The van der Waals surface area contributed by atoms with E-state index in [1.807, 2.05) is 23.1 Å². The molecule has 0 spiro atoms. The number of rotatable bonds is 8. The van der Waals surface area contributed by atoms with Crippen LogP contribution in [0.15, 0.2) is 24.3 Å². The highest BCUT2D eigenvalue weighted by atomic mass is 35.5. The molecule has 1 amide bonds. The maximum atomic E-state index is 11.7. The highest BCUT2D eigenvalue weighted by molar-refractivity contribution is 6.31. The number of benzene rings is 1. The van der Waals surface area contributed by atoms with E-state index < -0.39 is 5.97 Å². The predicted molar refractivity (Wildman–Crippen MR) is 84.9 cm³/mol. The molecule has 1 aromatic carbocycles. The second-order valence-electron chi connectivity index (χ2n) is 4.57. The van der Waals surface area contributed by atoms with Crippen LogP contribution in [-0.2, 0) is 16.1 Å². The monoisotopic (exact) mass is 334 g/mol. The highest BCUT2D eigenvalue weighted by Crippen LogP contribution is 2.14. The standard InChI is InChI=1S/C14H19ClN2O3.ClH/c1-17(9-7-14(19)20)8-6-13(18)16-10-11-4-2-3-5-12(11)15;/h2-5H,6-10H2,1H3,(H,16,18)(H,19,20);1H. The summed E-state index contributed by atoms with van der Waals surface area (Å²) in [4.78, 5) is 23.9. The zero-order chi connectivity index (χ0) is 15.0. The van der Waals surface area contributed by atoms with Gasteiger partial charge >= 0.3 is 5.97 Å². The van der Waals surface area contributed by atoms with Gasteiger partial charge < -0.3 is 15.3 Å². The zero-order valence-electron chi connectivity index (χ0n) is 11.8. The minimum Gasteiger partial charge on any atom is -0.481 e. The van der Waals surface area contributed by atoms with Gasteiger partial charge in [0.25, 0.3) is 0 Å². The van der Waals surface area contributed by atoms with Crippen molar-refractivity contribution in [2.45, 2.75) is 19.4 Å². The lowest BCUT2D eigenvalue weighted by Gasteiger charge is -2.15. The fourth-order valence-electron chi connectivity index (χ4n) is 1.61. The summed E-state index contributed by atoms with van der Waals surface area (Å²) in [6, 6.07) is 7.35. The molecule has 118 valence electrons. The Morgan fingerprint density at radius 3 is 2.48 bits per heavy atom. The summed E-state index contributed by atoms with van der Waals surface area (Å²) < 4.78 is 0. The number of halogens is 2. The second kappa shape index (κ2) is 10.4. The van der Waals surface area contributed by atoms with Crippen molar-refractivity contribution in [2.24, 2.45) is 0 Å². The molecule has 0 saturated heterocycles. The Kier molecular flexibility index (Phi) is 9.78. The summed E-state index contributed by atoms with van der Waals surface area (Å²) in [7, 11) is 1.80. The van der Waals surface area contributed by atoms with Crippen molar-refractivity contribution in [2.75, 3.05) is 20.1 Å². The van der Waals surface area contributed by atoms with Crippen LogP contribution in [0.3, 0.4) is 0 Å². The number of hydrogen-bond donors (Lipinski definition) is 2. The Bertz CT molecular complexity index is 469. The first-order valence-electron chi connectivity index (χ1n) is 6.39. The lowest BCUT2D eigenvalue weighted by Crippen LogP contribution is -2.29. The summed E-state index contributed by atoms with van der Waals surface area (Å²) >= 11 is 5.99. The molecule has 21 heavy (non-hydrogen) atoms. The molecule has 2 N–H and O–H groups in total. The quantitative estimate of drug-likeness (QED) is 0.764. The van der Waals surface area contributed by atoms with E-state index >= 15 is 0 Å². The predicted octanol–water partition coefficient (Wildman–Crippen LogP) is 2.17. The molecule has 1 rings (SSSR count). The number of nitrogens with zero attached hydrogens (tertiary/aromatic N) is 1. The van der Waals surface area contributed by atoms with Crippen LogP contribution in [0.25, 0.3) is 0 Å². The van der Waals surface area contributed by atoms with Crippen molar-refractivity contribution >= 4 is 35.9 Å². The number of nitrogens with one attached hydrogen (secondary N) is 1. The molecule has 7 heteroatoms. The number of aliphatic carboxylic acids is 1. The van der Waals surface area contributed by atoms with Gasteiger partial charge in [-0.05, 0) is 18.7 Å². The summed E-state index contributed by atoms with van der Waals surface area (Å²) in [5.74, 6) is -0.910. The van der Waals surface area contributed by atoms with E-state index in [2.05, 4.69) is 5.32 Å². The van der Waals surface area contributed by atoms with Crippen molar-refractivity contribution in [3.05, 3.63) is 34.9 Å². The topological polar surface area (TPSA) is 69.6 Å². The number of amides is 1. The smallest absolute Gasteiger partial charge is 0.304 e. The SMILES string of the molecule is CN(CCC(=O)O)CCC(=O)NCc1ccccc1Cl.Cl. The van der Waals surface area contributed by atoms with Crippen LogP contribution < -0.4 is 5.32 Å². The van der Waals surface area contributed by atoms with Crippen LogP contribution in [0.5, 0.6) is 0 Å². The normalized spacial score (nSPS) is 10.0. The van der Waals surface area contributed by atoms with Gasteiger partial charge in [0.2, 0.25) is 5.91 Å². The molecule has 0 radical (unpaired) electrons. The number of carboxylic acid groups (broad SMARTS) is 1. The van der Waals surface area contributed by atoms with E-state index in [0.29, 0.717) is 31.1 Å². The van der Waals surface area contributed by atoms with Crippen molar-refractivity contribution in [3.63, 3.8) is 0 Å². The molecule has 0 unspecified atom stereocenters. The Balaban J connectivity index is 0.00000400. The van der Waals surface area contributed by atoms with Crippen molar-refractivity contribution in [1.82, 2.24) is 10.2 Å². The molecule has 0 heterocycles. The number of carbonyl (C=O) groups is 2. The average molecular weight is 335 g/mol. The fourth-order valence-corrected chi connectivity index (χ4v) is 1.82. The summed E-state index contributed by atoms with van der Waals surface area (Å²) in [6.45, 7) is 1.37. The Labute approximate surface area is 135 Å². The highest BCUT2D eigenvalue weighted by Gasteiger charge is 2.07. The van der Waals surface area contributed by atoms with E-state index in [9.17, 15) is 9.59 Å². The maximum absolute atomic E-state index is 11.7. The fraction of sp³-hybridized carbons (Fsp3) is 0.429. The Hall–Kier alpha value is -1.30. The molecule has 5 nitrogen and oxygen atoms in total. The molecule has 1 aromatic rings. The molecule has 0 atom stereocenters. The van der Waals surface area contributed by atoms with E-state index in [0.717, 1.165) is 5.56 Å². The van der Waals surface area contributed by atoms with E-state index in [1.54, 1.807) is 13.1 Å². The lowest BCUT2D eigenvalue weighted by atomic mass is 10.2. The van der Waals surface area contributed by atoms with Gasteiger partial charge in [0.1, 0.15) is 0 Å². The van der Waals surface area contributed by atoms with Crippen LogP contribution in [0, 0.1) is 0 Å². The summed E-state index contributed by atoms with van der Waals surface area (Å²) in [5, 5.41) is 12.0. The van der Waals surface area contributed by atoms with Gasteiger partial charge in [0.15, 0.2) is 0 Å². The number of carboxylic acids is 1. The third-order valence-electron chi connectivity index (χ3n) is 2.86. The van der Waals surface area contributed by atoms with Crippen molar-refractivity contribution < 1.29 is 14.7 Å². The van der Waals surface area contributed by atoms with Gasteiger partial charge in [0.05, 0.1) is 6.42 Å². The largest absolute Gasteiger partial charge is 0.481 e. The molecule has 0 aromatic heterocycles. The van der Waals surface area contributed by atoms with E-state index in [1.165, 1.54) is 0 Å². The van der Waals surface area contributed by atoms with E-state index in [-0.39, 0.29) is 24.7 Å². The molecular formula is C14H20Cl2N2O3. The average Bonchev–Trinajstić information content (AvgIpc) is 2.42. The molecule has 0 aliphatic rings. The number of hydrogen-bond acceptors (Lipinski definition) is 3. The van der Waals surface area contributed by atoms with Crippen molar-refractivity contribution in [1.29, 1.82) is 0 Å². The minimum atomic E-state index is -0.833. The van der Waals surface area contributed by atoms with Gasteiger partial charge in [-0.2, -0.15) is 0 Å². The molecule has 0 fully saturated rings. The zero-order valence-corrected chi connectivity index (χ0v) is 13.4. The minimum absolute atomic E-state index is 0. The second-order valence-corrected chi connectivity index (χ2v) is 4.97. The van der Waals surface area contributed by atoms with Crippen molar-refractivity contribution in [3.8, 4) is 0 Å². The number of carbonyl (C=O) groups excluding carboxylic acids is 1. The summed E-state index contributed by atoms with van der Waals surface area (Å²) in [6.07, 6.45) is 0.415. The van der Waals surface area contributed by atoms with Crippen LogP contribution in [0.2, 0.25) is 5.02 Å². The molecule has 0 saturated carbocycles. The first-order chi connectivity index (χ1) is 9.49. The lowest BCUT2D eigenvalue weighted by molar-refractivity contribution is -0.137. The molecule has 0 aliphatic carbocycles. The van der Waals surface area contributed by atoms with Crippen LogP contribution >= 0.6 is 24.0 Å². The molecular weight excluding hydrogens is 315 g/mol. The first kappa shape index (κ1) is 19.7. The molecule has 0 bridgehead atoms. The van der Waals surface area contributed by atoms with Crippen LogP contribution in [0.1, 0.15) is 18.4 Å². The molecule has 0 aliphatic heterocycles. The van der Waals surface area contributed by atoms with Crippen LogP contribution in [0.4, 0.5) is 0 Å². The maximum Gasteiger partial charge on any atom is 0.304 e. The van der Waals surface area contributed by atoms with E-state index in [4.69, 9.17) is 16.7 Å². The van der Waals surface area contributed by atoms with Gasteiger partial charge in [0, 0.05) is 31.1 Å². The third kappa shape index (κ3) is 8.55. The van der Waals surface area contributed by atoms with Crippen LogP contribution in [-0.4, -0.2) is 42.0 Å². The van der Waals surface area contributed by atoms with Gasteiger partial charge in [-0.15, -0.1) is 12.4 Å². The van der Waals surface area contributed by atoms with Gasteiger partial charge in [-0.25, -0.2) is 0 Å². The first-order valence-corrected chi connectivity index (χ1v) is 6.77.